The Morgan fingerprint density at radius 3 is 1.88 bits per heavy atom. The maximum atomic E-state index is 6.66. The molecule has 0 bridgehead atoms. The first-order chi connectivity index (χ1) is 23.8. The maximum Gasteiger partial charge on any atom is 0.227 e. The van der Waals surface area contributed by atoms with E-state index in [9.17, 15) is 0 Å². The first-order valence-electron chi connectivity index (χ1n) is 15.8. The van der Waals surface area contributed by atoms with E-state index in [1.165, 1.54) is 20.9 Å². The number of nitrogens with zero attached hydrogens (tertiary/aromatic N) is 4. The summed E-state index contributed by atoms with van der Waals surface area (Å²) in [6, 6.07) is 50.0. The van der Waals surface area contributed by atoms with Gasteiger partial charge in [0, 0.05) is 36.9 Å². The summed E-state index contributed by atoms with van der Waals surface area (Å²) in [7, 11) is 0. The number of rotatable bonds is 4. The van der Waals surface area contributed by atoms with Gasteiger partial charge in [-0.05, 0) is 51.9 Å². The molecular weight excluding hydrogens is 609 g/mol. The molecule has 0 unspecified atom stereocenters. The monoisotopic (exact) mass is 632 g/mol. The summed E-state index contributed by atoms with van der Waals surface area (Å²) in [5.74, 6) is 2.31. The summed E-state index contributed by atoms with van der Waals surface area (Å²) in [6.07, 6.45) is 0. The van der Waals surface area contributed by atoms with Crippen LogP contribution < -0.4 is 0 Å². The zero-order valence-corrected chi connectivity index (χ0v) is 26.3. The average Bonchev–Trinajstić information content (AvgIpc) is 3.75. The Balaban J connectivity index is 1.29. The van der Waals surface area contributed by atoms with Crippen molar-refractivity contribution in [3.05, 3.63) is 146 Å². The quantitative estimate of drug-likeness (QED) is 0.181. The molecular formula is C42H24N4OS. The lowest BCUT2D eigenvalue weighted by Gasteiger charge is -2.11. The van der Waals surface area contributed by atoms with Crippen LogP contribution in [0.15, 0.2) is 150 Å². The maximum absolute atomic E-state index is 6.66. The Bertz CT molecular complexity index is 2840. The predicted molar refractivity (Wildman–Crippen MR) is 197 cm³/mol. The second-order valence-corrected chi connectivity index (χ2v) is 12.9. The summed E-state index contributed by atoms with van der Waals surface area (Å²) in [5, 5.41) is 6.90. The van der Waals surface area contributed by atoms with Crippen LogP contribution in [0.1, 0.15) is 0 Å². The molecule has 7 aromatic carbocycles. The fraction of sp³-hybridized carbons (Fsp3) is 0. The Morgan fingerprint density at radius 2 is 1.06 bits per heavy atom. The highest BCUT2D eigenvalue weighted by Crippen LogP contribution is 2.45. The SMILES string of the molecule is c1ccc(-c2nc(-c3ccc4ccc5ccccc5c4c3)nc(-c3c4oc(-c5ccccc5)nc4cc4sc5ccccc5c34)n2)cc1. The molecule has 0 spiro atoms. The van der Waals surface area contributed by atoms with Crippen molar-refractivity contribution in [1.29, 1.82) is 0 Å². The van der Waals surface area contributed by atoms with Crippen molar-refractivity contribution in [2.75, 3.05) is 0 Å². The fourth-order valence-corrected chi connectivity index (χ4v) is 7.81. The Labute approximate surface area is 278 Å². The van der Waals surface area contributed by atoms with Gasteiger partial charge in [0.05, 0.1) is 5.56 Å². The molecule has 0 fully saturated rings. The molecule has 0 aliphatic carbocycles. The molecule has 0 N–H and O–H groups in total. The Hall–Kier alpha value is -6.24. The highest BCUT2D eigenvalue weighted by molar-refractivity contribution is 7.26. The van der Waals surface area contributed by atoms with Gasteiger partial charge in [0.2, 0.25) is 5.89 Å². The zero-order chi connectivity index (χ0) is 31.6. The van der Waals surface area contributed by atoms with Crippen molar-refractivity contribution in [1.82, 2.24) is 19.9 Å². The lowest BCUT2D eigenvalue weighted by atomic mass is 9.99. The zero-order valence-electron chi connectivity index (χ0n) is 25.5. The smallest absolute Gasteiger partial charge is 0.227 e. The summed E-state index contributed by atoms with van der Waals surface area (Å²) in [5.41, 5.74) is 4.99. The molecule has 10 rings (SSSR count). The number of hydrogen-bond donors (Lipinski definition) is 0. The lowest BCUT2D eigenvalue weighted by molar-refractivity contribution is 0.621. The van der Waals surface area contributed by atoms with Gasteiger partial charge in [0.15, 0.2) is 23.1 Å². The van der Waals surface area contributed by atoms with Crippen molar-refractivity contribution in [3.8, 4) is 45.6 Å². The average molecular weight is 633 g/mol. The topological polar surface area (TPSA) is 64.7 Å². The van der Waals surface area contributed by atoms with Gasteiger partial charge in [-0.1, -0.05) is 115 Å². The molecule has 5 nitrogen and oxygen atoms in total. The first kappa shape index (κ1) is 26.9. The van der Waals surface area contributed by atoms with E-state index in [0.717, 1.165) is 48.6 Å². The second-order valence-electron chi connectivity index (χ2n) is 11.9. The molecule has 0 atom stereocenters. The van der Waals surface area contributed by atoms with Crippen LogP contribution in [0.3, 0.4) is 0 Å². The van der Waals surface area contributed by atoms with Gasteiger partial charge in [-0.15, -0.1) is 11.3 Å². The summed E-state index contributed by atoms with van der Waals surface area (Å²) in [6.45, 7) is 0. The molecule has 0 saturated carbocycles. The van der Waals surface area contributed by atoms with Crippen molar-refractivity contribution in [2.45, 2.75) is 0 Å². The number of oxazole rings is 1. The largest absolute Gasteiger partial charge is 0.435 e. The van der Waals surface area contributed by atoms with Crippen molar-refractivity contribution < 1.29 is 4.42 Å². The third-order valence-corrected chi connectivity index (χ3v) is 10.1. The number of aromatic nitrogens is 4. The standard InChI is InChI=1S/C42H24N4OS/c1-3-12-27(13-4-1)39-44-40(29-22-21-26-20-19-25-11-7-8-16-30(25)32(26)23-29)46-41(45-39)37-36-31-17-9-10-18-34(31)48-35(36)24-33-38(37)47-42(43-33)28-14-5-2-6-15-28/h1-24H. The minimum atomic E-state index is 0.548. The molecule has 0 saturated heterocycles. The molecule has 0 radical (unpaired) electrons. The number of hydrogen-bond acceptors (Lipinski definition) is 6. The summed E-state index contributed by atoms with van der Waals surface area (Å²) < 4.78 is 8.94. The minimum absolute atomic E-state index is 0.548. The summed E-state index contributed by atoms with van der Waals surface area (Å²) in [4.78, 5) is 20.5. The van der Waals surface area contributed by atoms with E-state index in [0.29, 0.717) is 28.9 Å². The van der Waals surface area contributed by atoms with E-state index >= 15 is 0 Å². The van der Waals surface area contributed by atoms with E-state index < -0.39 is 0 Å². The molecule has 3 aromatic heterocycles. The van der Waals surface area contributed by atoms with Crippen LogP contribution >= 0.6 is 11.3 Å². The van der Waals surface area contributed by atoms with E-state index in [2.05, 4.69) is 84.9 Å². The second kappa shape index (κ2) is 10.7. The van der Waals surface area contributed by atoms with Crippen LogP contribution in [-0.4, -0.2) is 19.9 Å². The van der Waals surface area contributed by atoms with E-state index in [-0.39, 0.29) is 0 Å². The minimum Gasteiger partial charge on any atom is -0.435 e. The first-order valence-corrected chi connectivity index (χ1v) is 16.6. The van der Waals surface area contributed by atoms with Crippen LogP contribution in [0, 0.1) is 0 Å². The van der Waals surface area contributed by atoms with Gasteiger partial charge < -0.3 is 4.42 Å². The normalized spacial score (nSPS) is 11.8. The highest BCUT2D eigenvalue weighted by atomic mass is 32.1. The third-order valence-electron chi connectivity index (χ3n) is 8.94. The Morgan fingerprint density at radius 1 is 0.438 bits per heavy atom. The third kappa shape index (κ3) is 4.31. The molecule has 6 heteroatoms. The van der Waals surface area contributed by atoms with Crippen LogP contribution in [0.5, 0.6) is 0 Å². The molecule has 224 valence electrons. The number of thiophene rings is 1. The predicted octanol–water partition coefficient (Wildman–Crippen LogP) is 11.4. The number of fused-ring (bicyclic) bond motifs is 7. The fourth-order valence-electron chi connectivity index (χ4n) is 6.66. The van der Waals surface area contributed by atoms with Crippen LogP contribution in [-0.2, 0) is 0 Å². The Kier molecular flexibility index (Phi) is 5.98. The van der Waals surface area contributed by atoms with E-state index in [1.807, 2.05) is 60.7 Å². The van der Waals surface area contributed by atoms with Gasteiger partial charge in [0.1, 0.15) is 5.52 Å². The summed E-state index contributed by atoms with van der Waals surface area (Å²) >= 11 is 1.74. The highest BCUT2D eigenvalue weighted by Gasteiger charge is 2.24. The molecule has 0 aliphatic rings. The van der Waals surface area contributed by atoms with E-state index in [4.69, 9.17) is 24.4 Å². The van der Waals surface area contributed by atoms with Crippen LogP contribution in [0.25, 0.3) is 98.4 Å². The molecule has 10 aromatic rings. The lowest BCUT2D eigenvalue weighted by Crippen LogP contribution is -2.01. The van der Waals surface area contributed by atoms with Gasteiger partial charge in [-0.3, -0.25) is 0 Å². The van der Waals surface area contributed by atoms with Gasteiger partial charge in [-0.2, -0.15) is 0 Å². The van der Waals surface area contributed by atoms with Gasteiger partial charge in [-0.25, -0.2) is 19.9 Å². The van der Waals surface area contributed by atoms with Crippen LogP contribution in [0.4, 0.5) is 0 Å². The molecule has 3 heterocycles. The molecule has 0 amide bonds. The molecule has 0 aliphatic heterocycles. The molecule has 48 heavy (non-hydrogen) atoms. The number of benzene rings is 7. The van der Waals surface area contributed by atoms with Crippen molar-refractivity contribution in [3.63, 3.8) is 0 Å². The van der Waals surface area contributed by atoms with Crippen molar-refractivity contribution in [2.24, 2.45) is 0 Å². The van der Waals surface area contributed by atoms with Crippen LogP contribution in [0.2, 0.25) is 0 Å². The van der Waals surface area contributed by atoms with Gasteiger partial charge >= 0.3 is 0 Å². The van der Waals surface area contributed by atoms with E-state index in [1.54, 1.807) is 11.3 Å². The van der Waals surface area contributed by atoms with Gasteiger partial charge in [0.25, 0.3) is 0 Å². The van der Waals surface area contributed by atoms with Crippen molar-refractivity contribution >= 4 is 64.2 Å².